The standard InChI is InChI=1S/C4H9O5S2/c1-2-10(5,6)3-4-11(7,8)9/h2-4H2,1H3. The fourth-order valence-electron chi connectivity index (χ4n) is 0.373. The summed E-state index contributed by atoms with van der Waals surface area (Å²) in [5.41, 5.74) is 0. The van der Waals surface area contributed by atoms with E-state index in [0.717, 1.165) is 0 Å². The molecule has 7 heteroatoms. The minimum absolute atomic E-state index is 0.136. The molecule has 11 heavy (non-hydrogen) atoms. The minimum Gasteiger partial charge on any atom is -0.229 e. The second-order valence-electron chi connectivity index (χ2n) is 2.00. The highest BCUT2D eigenvalue weighted by Crippen LogP contribution is 1.92. The topological polar surface area (TPSA) is 88.2 Å². The van der Waals surface area contributed by atoms with Crippen molar-refractivity contribution in [2.24, 2.45) is 0 Å². The summed E-state index contributed by atoms with van der Waals surface area (Å²) in [7, 11) is -7.73. The molecule has 0 spiro atoms. The van der Waals surface area contributed by atoms with Gasteiger partial charge in [0.25, 0.3) is 10.1 Å². The molecule has 0 amide bonds. The van der Waals surface area contributed by atoms with Gasteiger partial charge in [0, 0.05) is 5.75 Å². The molecule has 0 saturated carbocycles. The molecule has 0 unspecified atom stereocenters. The smallest absolute Gasteiger partial charge is 0.229 e. The van der Waals surface area contributed by atoms with Crippen LogP contribution in [0.5, 0.6) is 0 Å². The van der Waals surface area contributed by atoms with Gasteiger partial charge in [0.1, 0.15) is 0 Å². The molecule has 0 aliphatic heterocycles. The molecule has 5 nitrogen and oxygen atoms in total. The van der Waals surface area contributed by atoms with Gasteiger partial charge in [-0.1, -0.05) is 11.5 Å². The van der Waals surface area contributed by atoms with E-state index in [1.54, 1.807) is 0 Å². The van der Waals surface area contributed by atoms with Gasteiger partial charge >= 0.3 is 0 Å². The van der Waals surface area contributed by atoms with Crippen LogP contribution in [0.1, 0.15) is 6.92 Å². The lowest BCUT2D eigenvalue weighted by molar-refractivity contribution is 0.415. The van der Waals surface area contributed by atoms with Crippen LogP contribution in [-0.2, 0) is 24.5 Å². The summed E-state index contributed by atoms with van der Waals surface area (Å²) in [6.45, 7) is 1.40. The first-order valence-corrected chi connectivity index (χ1v) is 6.31. The Bertz CT molecular complexity index is 297. The monoisotopic (exact) mass is 201 g/mol. The number of hydrogen-bond donors (Lipinski definition) is 0. The fourth-order valence-corrected chi connectivity index (χ4v) is 2.49. The highest BCUT2D eigenvalue weighted by molar-refractivity contribution is 7.93. The highest BCUT2D eigenvalue weighted by Gasteiger charge is 2.14. The summed E-state index contributed by atoms with van der Waals surface area (Å²) < 4.78 is 51.2. The summed E-state index contributed by atoms with van der Waals surface area (Å²) in [6, 6.07) is 0. The van der Waals surface area contributed by atoms with Crippen molar-refractivity contribution in [3.8, 4) is 0 Å². The average molecular weight is 201 g/mol. The Labute approximate surface area is 66.1 Å². The number of rotatable bonds is 4. The van der Waals surface area contributed by atoms with E-state index in [4.69, 9.17) is 0 Å². The third-order valence-electron chi connectivity index (χ3n) is 1.08. The van der Waals surface area contributed by atoms with Crippen LogP contribution in [0.2, 0.25) is 0 Å². The van der Waals surface area contributed by atoms with E-state index in [1.807, 2.05) is 0 Å². The van der Waals surface area contributed by atoms with E-state index in [0.29, 0.717) is 0 Å². The van der Waals surface area contributed by atoms with E-state index in [9.17, 15) is 21.4 Å². The van der Waals surface area contributed by atoms with Gasteiger partial charge in [-0.3, -0.25) is 0 Å². The molecule has 0 saturated heterocycles. The molecule has 0 fully saturated rings. The maximum Gasteiger partial charge on any atom is 0.295 e. The molecule has 0 aromatic heterocycles. The van der Waals surface area contributed by atoms with Gasteiger partial charge in [-0.05, 0) is 0 Å². The summed E-state index contributed by atoms with van der Waals surface area (Å²) in [4.78, 5) is 0. The van der Waals surface area contributed by atoms with Gasteiger partial charge in [-0.2, -0.15) is 8.42 Å². The Morgan fingerprint density at radius 3 is 1.73 bits per heavy atom. The molecule has 0 aromatic rings. The Balaban J connectivity index is 4.13. The molecule has 0 aromatic carbocycles. The van der Waals surface area contributed by atoms with Crippen molar-refractivity contribution in [1.82, 2.24) is 0 Å². The third-order valence-corrected chi connectivity index (χ3v) is 3.75. The summed E-state index contributed by atoms with van der Waals surface area (Å²) in [5, 5.41) is 0. The van der Waals surface area contributed by atoms with Crippen molar-refractivity contribution >= 4 is 20.0 Å². The predicted octanol–water partition coefficient (Wildman–Crippen LogP) is -0.819. The van der Waals surface area contributed by atoms with E-state index in [1.165, 1.54) is 6.92 Å². The lowest BCUT2D eigenvalue weighted by Gasteiger charge is -1.96. The van der Waals surface area contributed by atoms with Crippen LogP contribution in [0.3, 0.4) is 0 Å². The predicted molar refractivity (Wildman–Crippen MR) is 38.8 cm³/mol. The first kappa shape index (κ1) is 10.9. The SMILES string of the molecule is CCS(=O)(=O)CCS([O])(=O)=O. The van der Waals surface area contributed by atoms with Crippen LogP contribution in [0.15, 0.2) is 0 Å². The quantitative estimate of drug-likeness (QED) is 0.594. The second-order valence-corrected chi connectivity index (χ2v) is 5.99. The van der Waals surface area contributed by atoms with E-state index in [2.05, 4.69) is 0 Å². The lowest BCUT2D eigenvalue weighted by atomic mass is 10.9. The molecule has 0 N–H and O–H groups in total. The maximum atomic E-state index is 10.6. The van der Waals surface area contributed by atoms with Crippen LogP contribution >= 0.6 is 0 Å². The lowest BCUT2D eigenvalue weighted by Crippen LogP contribution is -2.17. The van der Waals surface area contributed by atoms with Gasteiger partial charge in [-0.15, -0.1) is 0 Å². The third kappa shape index (κ3) is 6.27. The highest BCUT2D eigenvalue weighted by atomic mass is 32.2. The molecule has 0 aliphatic rings. The van der Waals surface area contributed by atoms with Crippen molar-refractivity contribution in [2.75, 3.05) is 17.3 Å². The molecule has 1 radical (unpaired) electrons. The number of hydrogen-bond acceptors (Lipinski definition) is 4. The van der Waals surface area contributed by atoms with Crippen LogP contribution in [0.25, 0.3) is 0 Å². The van der Waals surface area contributed by atoms with Crippen molar-refractivity contribution < 1.29 is 21.4 Å². The molecule has 67 valence electrons. The van der Waals surface area contributed by atoms with Crippen LogP contribution in [-0.4, -0.2) is 34.1 Å². The van der Waals surface area contributed by atoms with E-state index < -0.39 is 31.5 Å². The zero-order valence-corrected chi connectivity index (χ0v) is 7.61. The summed E-state index contributed by atoms with van der Waals surface area (Å²) in [6.07, 6.45) is 0. The zero-order chi connectivity index (χ0) is 9.12. The summed E-state index contributed by atoms with van der Waals surface area (Å²) in [5.74, 6) is -1.54. The Morgan fingerprint density at radius 2 is 1.45 bits per heavy atom. The Morgan fingerprint density at radius 1 is 1.00 bits per heavy atom. The van der Waals surface area contributed by atoms with Gasteiger partial charge < -0.3 is 0 Å². The molecular weight excluding hydrogens is 192 g/mol. The molecule has 0 bridgehead atoms. The van der Waals surface area contributed by atoms with Gasteiger partial charge in [0.05, 0.1) is 11.5 Å². The molecule has 0 aliphatic carbocycles. The fraction of sp³-hybridized carbons (Fsp3) is 1.00. The summed E-state index contributed by atoms with van der Waals surface area (Å²) >= 11 is 0. The minimum atomic E-state index is -4.40. The first-order chi connectivity index (χ1) is 4.77. The molecule has 0 rings (SSSR count). The van der Waals surface area contributed by atoms with Gasteiger partial charge in [-0.25, -0.2) is 8.42 Å². The number of sulfone groups is 1. The zero-order valence-electron chi connectivity index (χ0n) is 5.98. The van der Waals surface area contributed by atoms with Crippen molar-refractivity contribution in [2.45, 2.75) is 6.92 Å². The Hall–Kier alpha value is -0.140. The normalized spacial score (nSPS) is 13.3. The largest absolute Gasteiger partial charge is 0.295 e. The van der Waals surface area contributed by atoms with Gasteiger partial charge in [0.15, 0.2) is 9.84 Å². The first-order valence-electron chi connectivity index (χ1n) is 2.91. The second kappa shape index (κ2) is 3.51. The molecule has 0 heterocycles. The van der Waals surface area contributed by atoms with Crippen LogP contribution < -0.4 is 0 Å². The van der Waals surface area contributed by atoms with Crippen molar-refractivity contribution in [3.05, 3.63) is 0 Å². The van der Waals surface area contributed by atoms with E-state index in [-0.39, 0.29) is 5.75 Å². The van der Waals surface area contributed by atoms with E-state index >= 15 is 0 Å². The van der Waals surface area contributed by atoms with Crippen LogP contribution in [0.4, 0.5) is 0 Å². The van der Waals surface area contributed by atoms with Crippen LogP contribution in [0, 0.1) is 0 Å². The average Bonchev–Trinajstić information content (AvgIpc) is 1.83. The van der Waals surface area contributed by atoms with Gasteiger partial charge in [0.2, 0.25) is 0 Å². The molecule has 0 atom stereocenters. The molecular formula is C4H9O5S2. The van der Waals surface area contributed by atoms with Crippen molar-refractivity contribution in [1.29, 1.82) is 0 Å². The van der Waals surface area contributed by atoms with Crippen molar-refractivity contribution in [3.63, 3.8) is 0 Å². The maximum absolute atomic E-state index is 10.6. The Kier molecular flexibility index (Phi) is 3.46.